The maximum absolute atomic E-state index is 13.0. The van der Waals surface area contributed by atoms with Crippen molar-refractivity contribution in [3.05, 3.63) is 71.5 Å². The summed E-state index contributed by atoms with van der Waals surface area (Å²) in [6.45, 7) is 3.97. The summed E-state index contributed by atoms with van der Waals surface area (Å²) in [5.74, 6) is 0.180. The van der Waals surface area contributed by atoms with Gasteiger partial charge in [-0.2, -0.15) is 0 Å². The predicted octanol–water partition coefficient (Wildman–Crippen LogP) is 4.02. The van der Waals surface area contributed by atoms with Crippen LogP contribution in [0.1, 0.15) is 16.8 Å². The van der Waals surface area contributed by atoms with Gasteiger partial charge in [-0.3, -0.25) is 4.79 Å². The van der Waals surface area contributed by atoms with Gasteiger partial charge in [-0.05, 0) is 30.7 Å². The molecule has 130 valence electrons. The molecule has 0 spiro atoms. The fourth-order valence-electron chi connectivity index (χ4n) is 4.14. The Morgan fingerprint density at radius 2 is 1.96 bits per heavy atom. The van der Waals surface area contributed by atoms with Crippen LogP contribution >= 0.6 is 0 Å². The zero-order valence-electron chi connectivity index (χ0n) is 14.8. The fourth-order valence-corrected chi connectivity index (χ4v) is 4.14. The molecular weight excluding hydrogens is 322 g/mol. The van der Waals surface area contributed by atoms with Crippen molar-refractivity contribution in [3.8, 4) is 0 Å². The molecule has 5 rings (SSSR count). The second-order valence-electron chi connectivity index (χ2n) is 7.14. The van der Waals surface area contributed by atoms with Crippen LogP contribution in [0.2, 0.25) is 0 Å². The molecule has 0 fully saturated rings. The Morgan fingerprint density at radius 3 is 2.88 bits per heavy atom. The maximum Gasteiger partial charge on any atom is 0.242 e. The minimum Gasteiger partial charge on any atom is -0.358 e. The third-order valence-electron chi connectivity index (χ3n) is 5.57. The third kappa shape index (κ3) is 2.33. The molecule has 1 aliphatic rings. The van der Waals surface area contributed by atoms with Crippen molar-refractivity contribution in [3.63, 3.8) is 0 Å². The lowest BCUT2D eigenvalue weighted by Crippen LogP contribution is -2.37. The van der Waals surface area contributed by atoms with Crippen LogP contribution in [-0.2, 0) is 24.3 Å². The molecule has 0 radical (unpaired) electrons. The van der Waals surface area contributed by atoms with Crippen molar-refractivity contribution in [1.29, 1.82) is 0 Å². The van der Waals surface area contributed by atoms with Gasteiger partial charge in [0.05, 0.1) is 0 Å². The van der Waals surface area contributed by atoms with Crippen LogP contribution in [0.5, 0.6) is 0 Å². The number of carbonyl (C=O) groups excluding carboxylic acids is 1. The van der Waals surface area contributed by atoms with Gasteiger partial charge in [-0.25, -0.2) is 0 Å². The lowest BCUT2D eigenvalue weighted by molar-refractivity contribution is -0.132. The fraction of sp³-hybridized carbons (Fsp3) is 0.227. The number of benzene rings is 2. The summed E-state index contributed by atoms with van der Waals surface area (Å²) >= 11 is 0. The van der Waals surface area contributed by atoms with Gasteiger partial charge in [-0.15, -0.1) is 0 Å². The number of fused-ring (bicyclic) bond motifs is 4. The molecule has 3 heterocycles. The number of rotatable bonds is 2. The Kier molecular flexibility index (Phi) is 3.38. The van der Waals surface area contributed by atoms with Crippen molar-refractivity contribution in [2.45, 2.75) is 26.4 Å². The number of carbonyl (C=O) groups is 1. The van der Waals surface area contributed by atoms with E-state index in [4.69, 9.17) is 0 Å². The van der Waals surface area contributed by atoms with E-state index >= 15 is 0 Å². The van der Waals surface area contributed by atoms with Crippen LogP contribution in [0, 0.1) is 6.92 Å². The van der Waals surface area contributed by atoms with Gasteiger partial charge in [-0.1, -0.05) is 30.3 Å². The van der Waals surface area contributed by atoms with Crippen molar-refractivity contribution in [1.82, 2.24) is 14.5 Å². The number of nitrogens with zero attached hydrogens (tertiary/aromatic N) is 2. The normalized spacial score (nSPS) is 14.1. The van der Waals surface area contributed by atoms with Crippen LogP contribution in [0.25, 0.3) is 21.8 Å². The van der Waals surface area contributed by atoms with Crippen LogP contribution in [-0.4, -0.2) is 26.9 Å². The number of para-hydroxylation sites is 1. The molecule has 0 bridgehead atoms. The Morgan fingerprint density at radius 1 is 1.08 bits per heavy atom. The van der Waals surface area contributed by atoms with E-state index in [1.165, 1.54) is 33.1 Å². The van der Waals surface area contributed by atoms with E-state index in [0.29, 0.717) is 13.1 Å². The van der Waals surface area contributed by atoms with Crippen molar-refractivity contribution >= 4 is 27.7 Å². The Balaban J connectivity index is 1.42. The monoisotopic (exact) mass is 343 g/mol. The second-order valence-corrected chi connectivity index (χ2v) is 7.14. The number of aromatic amines is 1. The third-order valence-corrected chi connectivity index (χ3v) is 5.57. The van der Waals surface area contributed by atoms with Gasteiger partial charge >= 0.3 is 0 Å². The summed E-state index contributed by atoms with van der Waals surface area (Å²) in [5, 5.41) is 2.46. The Labute approximate surface area is 152 Å². The van der Waals surface area contributed by atoms with E-state index in [1.807, 2.05) is 17.2 Å². The van der Waals surface area contributed by atoms with Crippen LogP contribution in [0.4, 0.5) is 0 Å². The van der Waals surface area contributed by atoms with E-state index in [9.17, 15) is 4.79 Å². The number of H-pyrrole nitrogens is 1. The highest BCUT2D eigenvalue weighted by Crippen LogP contribution is 2.28. The van der Waals surface area contributed by atoms with Crippen molar-refractivity contribution in [2.24, 2.45) is 0 Å². The van der Waals surface area contributed by atoms with Gasteiger partial charge in [0.15, 0.2) is 0 Å². The molecule has 1 N–H and O–H groups in total. The van der Waals surface area contributed by atoms with Gasteiger partial charge in [0.2, 0.25) is 5.91 Å². The lowest BCUT2D eigenvalue weighted by atomic mass is 10.0. The van der Waals surface area contributed by atoms with E-state index < -0.39 is 0 Å². The highest BCUT2D eigenvalue weighted by atomic mass is 16.2. The highest BCUT2D eigenvalue weighted by Gasteiger charge is 2.24. The maximum atomic E-state index is 13.0. The average molecular weight is 343 g/mol. The zero-order valence-corrected chi connectivity index (χ0v) is 14.8. The first-order valence-corrected chi connectivity index (χ1v) is 9.11. The molecule has 0 saturated carbocycles. The van der Waals surface area contributed by atoms with E-state index in [-0.39, 0.29) is 5.91 Å². The summed E-state index contributed by atoms with van der Waals surface area (Å²) in [6, 6.07) is 16.7. The molecule has 2 aromatic heterocycles. The Bertz CT molecular complexity index is 1130. The molecular formula is C22H21N3O. The van der Waals surface area contributed by atoms with Crippen molar-refractivity contribution in [2.75, 3.05) is 6.54 Å². The molecule has 0 atom stereocenters. The molecule has 1 amide bonds. The second kappa shape index (κ2) is 5.77. The minimum atomic E-state index is 0.180. The van der Waals surface area contributed by atoms with Crippen LogP contribution in [0.3, 0.4) is 0 Å². The summed E-state index contributed by atoms with van der Waals surface area (Å²) < 4.78 is 2.06. The smallest absolute Gasteiger partial charge is 0.242 e. The minimum absolute atomic E-state index is 0.180. The van der Waals surface area contributed by atoms with Crippen LogP contribution < -0.4 is 0 Å². The van der Waals surface area contributed by atoms with Gasteiger partial charge in [0.1, 0.15) is 6.54 Å². The number of nitrogens with one attached hydrogen (secondary N) is 1. The highest BCUT2D eigenvalue weighted by molar-refractivity contribution is 5.87. The largest absolute Gasteiger partial charge is 0.358 e. The first-order chi connectivity index (χ1) is 12.7. The van der Waals surface area contributed by atoms with Gasteiger partial charge in [0.25, 0.3) is 0 Å². The summed E-state index contributed by atoms with van der Waals surface area (Å²) in [4.78, 5) is 18.5. The number of hydrogen-bond donors (Lipinski definition) is 1. The number of aryl methyl sites for hydroxylation is 1. The standard InChI is InChI=1S/C22H21N3O/c1-15-5-4-8-21-16(15)9-11-24(21)14-22(26)25-12-10-20-18(13-25)17-6-2-3-7-19(17)23-20/h2-9,11,23H,10,12-14H2,1H3. The molecule has 0 saturated heterocycles. The number of aromatic nitrogens is 2. The molecule has 4 aromatic rings. The molecule has 0 aliphatic carbocycles. The molecule has 4 nitrogen and oxygen atoms in total. The molecule has 1 aliphatic heterocycles. The predicted molar refractivity (Wildman–Crippen MR) is 104 cm³/mol. The van der Waals surface area contributed by atoms with Gasteiger partial charge in [0, 0.05) is 58.8 Å². The molecule has 26 heavy (non-hydrogen) atoms. The quantitative estimate of drug-likeness (QED) is 0.587. The van der Waals surface area contributed by atoms with Crippen molar-refractivity contribution < 1.29 is 4.79 Å². The van der Waals surface area contributed by atoms with Crippen LogP contribution in [0.15, 0.2) is 54.7 Å². The van der Waals surface area contributed by atoms with E-state index in [1.54, 1.807) is 0 Å². The first kappa shape index (κ1) is 15.3. The van der Waals surface area contributed by atoms with E-state index in [0.717, 1.165) is 18.5 Å². The molecule has 0 unspecified atom stereocenters. The SMILES string of the molecule is Cc1cccc2c1ccn2CC(=O)N1CCc2[nH]c3ccccc3c2C1. The van der Waals surface area contributed by atoms with E-state index in [2.05, 4.69) is 58.9 Å². The van der Waals surface area contributed by atoms with Gasteiger partial charge < -0.3 is 14.5 Å². The Hall–Kier alpha value is -3.01. The summed E-state index contributed by atoms with van der Waals surface area (Å²) in [7, 11) is 0. The lowest BCUT2D eigenvalue weighted by Gasteiger charge is -2.27. The molecule has 4 heteroatoms. The zero-order chi connectivity index (χ0) is 17.7. The molecule has 2 aromatic carbocycles. The first-order valence-electron chi connectivity index (χ1n) is 9.11. The number of amides is 1. The summed E-state index contributed by atoms with van der Waals surface area (Å²) in [5.41, 5.74) is 6.09. The average Bonchev–Trinajstić information content (AvgIpc) is 3.23. The number of hydrogen-bond acceptors (Lipinski definition) is 1. The summed E-state index contributed by atoms with van der Waals surface area (Å²) in [6.07, 6.45) is 2.91. The topological polar surface area (TPSA) is 41.0 Å².